The van der Waals surface area contributed by atoms with E-state index in [9.17, 15) is 14.4 Å². The number of carbonyl (C=O) groups is 2. The van der Waals surface area contributed by atoms with Gasteiger partial charge in [-0.3, -0.25) is 14.3 Å². The Morgan fingerprint density at radius 3 is 2.08 bits per heavy atom. The lowest BCUT2D eigenvalue weighted by atomic mass is 10.0. The molecule has 0 spiro atoms. The molecular formula is C27H25N3O5S. The monoisotopic (exact) mass is 503 g/mol. The third-order valence-corrected chi connectivity index (χ3v) is 7.54. The third-order valence-electron chi connectivity index (χ3n) is 6.42. The molecule has 1 aliphatic rings. The first kappa shape index (κ1) is 23.9. The molecule has 9 heteroatoms. The van der Waals surface area contributed by atoms with Crippen molar-refractivity contribution in [1.29, 1.82) is 0 Å². The summed E-state index contributed by atoms with van der Waals surface area (Å²) in [6, 6.07) is 14.5. The number of benzene rings is 2. The van der Waals surface area contributed by atoms with Gasteiger partial charge >= 0.3 is 11.9 Å². The molecule has 184 valence electrons. The maximum Gasteiger partial charge on any atom is 0.337 e. The summed E-state index contributed by atoms with van der Waals surface area (Å²) in [5.41, 5.74) is 4.08. The highest BCUT2D eigenvalue weighted by Crippen LogP contribution is 2.32. The molecule has 1 aliphatic heterocycles. The Labute approximate surface area is 211 Å². The zero-order valence-electron chi connectivity index (χ0n) is 20.0. The number of nitrogens with zero attached hydrogens (tertiary/aromatic N) is 3. The van der Waals surface area contributed by atoms with Crippen LogP contribution in [0, 0.1) is 0 Å². The second-order valence-corrected chi connectivity index (χ2v) is 9.78. The molecule has 3 heterocycles. The van der Waals surface area contributed by atoms with Crippen molar-refractivity contribution in [3.8, 4) is 0 Å². The number of hydrogen-bond acceptors (Lipinski definition) is 8. The lowest BCUT2D eigenvalue weighted by Gasteiger charge is -2.26. The topological polar surface area (TPSA) is 90.7 Å². The predicted octanol–water partition coefficient (Wildman–Crippen LogP) is 3.64. The Bertz CT molecular complexity index is 1490. The fourth-order valence-corrected chi connectivity index (χ4v) is 5.72. The average Bonchev–Trinajstić information content (AvgIpc) is 3.28. The van der Waals surface area contributed by atoms with E-state index in [-0.39, 0.29) is 17.5 Å². The Morgan fingerprint density at radius 1 is 0.917 bits per heavy atom. The van der Waals surface area contributed by atoms with Crippen LogP contribution in [0.4, 0.5) is 0 Å². The van der Waals surface area contributed by atoms with Crippen molar-refractivity contribution in [2.24, 2.45) is 0 Å². The molecule has 4 aromatic rings. The molecule has 8 nitrogen and oxygen atoms in total. The second-order valence-electron chi connectivity index (χ2n) is 8.70. The maximum absolute atomic E-state index is 13.4. The number of rotatable bonds is 6. The lowest BCUT2D eigenvalue weighted by Crippen LogP contribution is -2.30. The fourth-order valence-electron chi connectivity index (χ4n) is 4.50. The van der Waals surface area contributed by atoms with Crippen LogP contribution in [-0.2, 0) is 35.5 Å². The van der Waals surface area contributed by atoms with Gasteiger partial charge in [0.1, 0.15) is 4.83 Å². The summed E-state index contributed by atoms with van der Waals surface area (Å²) in [4.78, 5) is 45.6. The van der Waals surface area contributed by atoms with E-state index in [0.29, 0.717) is 23.1 Å². The van der Waals surface area contributed by atoms with E-state index < -0.39 is 0 Å². The van der Waals surface area contributed by atoms with E-state index in [1.165, 1.54) is 19.1 Å². The minimum atomic E-state index is -0.390. The van der Waals surface area contributed by atoms with Crippen LogP contribution in [0.15, 0.2) is 59.7 Å². The van der Waals surface area contributed by atoms with Gasteiger partial charge in [0, 0.05) is 24.5 Å². The Morgan fingerprint density at radius 2 is 1.50 bits per heavy atom. The number of fused-ring (bicyclic) bond motifs is 3. The summed E-state index contributed by atoms with van der Waals surface area (Å²) in [6.07, 6.45) is 2.38. The summed E-state index contributed by atoms with van der Waals surface area (Å²) >= 11 is 1.58. The van der Waals surface area contributed by atoms with Crippen molar-refractivity contribution >= 4 is 33.5 Å². The largest absolute Gasteiger partial charge is 0.465 e. The number of ether oxygens (including phenoxy) is 2. The summed E-state index contributed by atoms with van der Waals surface area (Å²) in [5, 5.41) is 0.714. The van der Waals surface area contributed by atoms with Gasteiger partial charge in [0.05, 0.1) is 43.6 Å². The summed E-state index contributed by atoms with van der Waals surface area (Å²) in [7, 11) is 2.72. The molecule has 0 radical (unpaired) electrons. The van der Waals surface area contributed by atoms with Crippen LogP contribution in [0.2, 0.25) is 0 Å². The van der Waals surface area contributed by atoms with Gasteiger partial charge in [-0.05, 0) is 47.4 Å². The highest BCUT2D eigenvalue weighted by molar-refractivity contribution is 7.18. The van der Waals surface area contributed by atoms with Crippen LogP contribution in [0.5, 0.6) is 0 Å². The first-order valence-electron chi connectivity index (χ1n) is 11.5. The van der Waals surface area contributed by atoms with Gasteiger partial charge in [-0.1, -0.05) is 24.3 Å². The molecule has 0 N–H and O–H groups in total. The minimum Gasteiger partial charge on any atom is -0.465 e. The summed E-state index contributed by atoms with van der Waals surface area (Å²) in [6.45, 7) is 2.72. The van der Waals surface area contributed by atoms with Crippen molar-refractivity contribution in [3.63, 3.8) is 0 Å². The average molecular weight is 504 g/mol. The molecule has 2 aromatic heterocycles. The Kier molecular flexibility index (Phi) is 6.67. The van der Waals surface area contributed by atoms with Gasteiger partial charge in [-0.2, -0.15) is 0 Å². The van der Waals surface area contributed by atoms with Crippen molar-refractivity contribution in [2.45, 2.75) is 26.1 Å². The van der Waals surface area contributed by atoms with E-state index in [1.54, 1.807) is 46.5 Å². The van der Waals surface area contributed by atoms with Crippen LogP contribution >= 0.6 is 11.3 Å². The molecule has 0 aliphatic carbocycles. The second kappa shape index (κ2) is 10.0. The molecule has 0 saturated carbocycles. The van der Waals surface area contributed by atoms with Crippen molar-refractivity contribution in [1.82, 2.24) is 14.5 Å². The zero-order chi connectivity index (χ0) is 25.2. The quantitative estimate of drug-likeness (QED) is 0.371. The number of methoxy groups -OCH3 is 2. The van der Waals surface area contributed by atoms with E-state index in [2.05, 4.69) is 9.88 Å². The van der Waals surface area contributed by atoms with Gasteiger partial charge in [0.15, 0.2) is 0 Å². The molecule has 0 amide bonds. The fraction of sp³-hybridized carbons (Fsp3) is 0.259. The van der Waals surface area contributed by atoms with Gasteiger partial charge in [0.25, 0.3) is 5.56 Å². The first-order chi connectivity index (χ1) is 17.5. The molecule has 0 fully saturated rings. The van der Waals surface area contributed by atoms with Crippen LogP contribution in [0.3, 0.4) is 0 Å². The normalized spacial score (nSPS) is 13.4. The molecule has 0 saturated heterocycles. The lowest BCUT2D eigenvalue weighted by molar-refractivity contribution is 0.0592. The third kappa shape index (κ3) is 4.67. The number of aromatic nitrogens is 2. The highest BCUT2D eigenvalue weighted by atomic mass is 32.1. The van der Waals surface area contributed by atoms with Crippen LogP contribution in [0.1, 0.15) is 42.3 Å². The first-order valence-corrected chi connectivity index (χ1v) is 12.3. The zero-order valence-corrected chi connectivity index (χ0v) is 20.8. The molecule has 0 unspecified atom stereocenters. The molecule has 5 rings (SSSR count). The molecule has 36 heavy (non-hydrogen) atoms. The van der Waals surface area contributed by atoms with Crippen molar-refractivity contribution in [2.75, 3.05) is 20.8 Å². The van der Waals surface area contributed by atoms with Crippen LogP contribution < -0.4 is 5.56 Å². The molecule has 0 bridgehead atoms. The highest BCUT2D eigenvalue weighted by Gasteiger charge is 2.24. The van der Waals surface area contributed by atoms with E-state index >= 15 is 0 Å². The van der Waals surface area contributed by atoms with Crippen molar-refractivity contribution in [3.05, 3.63) is 97.9 Å². The number of thiophene rings is 1. The molecular weight excluding hydrogens is 478 g/mol. The number of carbonyl (C=O) groups excluding carboxylic acids is 2. The number of hydrogen-bond donors (Lipinski definition) is 0. The number of esters is 2. The van der Waals surface area contributed by atoms with Gasteiger partial charge < -0.3 is 9.47 Å². The Balaban J connectivity index is 1.33. The smallest absolute Gasteiger partial charge is 0.337 e. The Hall–Kier alpha value is -3.82. The predicted molar refractivity (Wildman–Crippen MR) is 136 cm³/mol. The van der Waals surface area contributed by atoms with Gasteiger partial charge in [-0.25, -0.2) is 14.6 Å². The summed E-state index contributed by atoms with van der Waals surface area (Å²) < 4.78 is 11.1. The molecule has 2 aromatic carbocycles. The van der Waals surface area contributed by atoms with Gasteiger partial charge in [0.2, 0.25) is 0 Å². The van der Waals surface area contributed by atoms with Crippen LogP contribution in [-0.4, -0.2) is 47.2 Å². The summed E-state index contributed by atoms with van der Waals surface area (Å²) in [5.74, 6) is -0.732. The van der Waals surface area contributed by atoms with E-state index in [1.807, 2.05) is 24.3 Å². The SMILES string of the molecule is COC(=O)c1ccc(CN2CCc3c(sc4ncn(Cc5ccc(C(=O)OC)cc5)c(=O)c34)C2)cc1. The molecule has 0 atom stereocenters. The van der Waals surface area contributed by atoms with Crippen molar-refractivity contribution < 1.29 is 19.1 Å². The van der Waals surface area contributed by atoms with E-state index in [4.69, 9.17) is 9.47 Å². The van der Waals surface area contributed by atoms with Gasteiger partial charge in [-0.15, -0.1) is 11.3 Å². The maximum atomic E-state index is 13.4. The standard InChI is InChI=1S/C27H25N3O5S/c1-34-26(32)19-7-3-17(4-8-19)13-29-12-11-21-22(15-29)36-24-23(21)25(31)30(16-28-24)14-18-5-9-20(10-6-18)27(33)35-2/h3-10,16H,11-15H2,1-2H3. The minimum absolute atomic E-state index is 0.0404. The van der Waals surface area contributed by atoms with Crippen LogP contribution in [0.25, 0.3) is 10.2 Å². The van der Waals surface area contributed by atoms with E-state index in [0.717, 1.165) is 47.6 Å².